The van der Waals surface area contributed by atoms with Crippen LogP contribution in [0, 0.1) is 5.92 Å². The second kappa shape index (κ2) is 8.93. The molecule has 0 amide bonds. The number of nitrogens with one attached hydrogen (secondary N) is 1. The van der Waals surface area contributed by atoms with Gasteiger partial charge in [0.25, 0.3) is 0 Å². The van der Waals surface area contributed by atoms with Gasteiger partial charge in [0.2, 0.25) is 0 Å². The number of hydrogen-bond acceptors (Lipinski definition) is 3. The van der Waals surface area contributed by atoms with Crippen LogP contribution in [0.1, 0.15) is 59.3 Å². The van der Waals surface area contributed by atoms with Crippen LogP contribution in [-0.2, 0) is 9.47 Å². The molecule has 0 aromatic rings. The summed E-state index contributed by atoms with van der Waals surface area (Å²) in [6.45, 7) is 9.40. The van der Waals surface area contributed by atoms with Gasteiger partial charge < -0.3 is 14.8 Å². The molecule has 19 heavy (non-hydrogen) atoms. The first kappa shape index (κ1) is 16.9. The third-order valence-electron chi connectivity index (χ3n) is 4.32. The predicted molar refractivity (Wildman–Crippen MR) is 80.6 cm³/mol. The molecule has 0 radical (unpaired) electrons. The highest BCUT2D eigenvalue weighted by atomic mass is 16.5. The van der Waals surface area contributed by atoms with Crippen LogP contribution in [0.2, 0.25) is 0 Å². The largest absolute Gasteiger partial charge is 0.382 e. The first-order valence-electron chi connectivity index (χ1n) is 8.03. The van der Waals surface area contributed by atoms with Gasteiger partial charge in [0.05, 0.1) is 18.3 Å². The van der Waals surface area contributed by atoms with Gasteiger partial charge in [0, 0.05) is 13.7 Å². The molecule has 1 saturated carbocycles. The highest BCUT2D eigenvalue weighted by molar-refractivity contribution is 4.90. The second-order valence-electron chi connectivity index (χ2n) is 6.10. The summed E-state index contributed by atoms with van der Waals surface area (Å²) < 4.78 is 11.6. The summed E-state index contributed by atoms with van der Waals surface area (Å²) in [4.78, 5) is 0. The van der Waals surface area contributed by atoms with Crippen LogP contribution >= 0.6 is 0 Å². The normalized spacial score (nSPS) is 29.4. The molecular weight excluding hydrogens is 238 g/mol. The smallest absolute Gasteiger partial charge is 0.0811 e. The van der Waals surface area contributed by atoms with E-state index in [4.69, 9.17) is 9.47 Å². The van der Waals surface area contributed by atoms with E-state index < -0.39 is 0 Å². The van der Waals surface area contributed by atoms with Crippen molar-refractivity contribution in [1.82, 2.24) is 5.32 Å². The van der Waals surface area contributed by atoms with Gasteiger partial charge in [0.15, 0.2) is 0 Å². The molecule has 3 heteroatoms. The topological polar surface area (TPSA) is 30.5 Å². The van der Waals surface area contributed by atoms with Crippen LogP contribution in [0.15, 0.2) is 0 Å². The number of rotatable bonds is 9. The number of ether oxygens (including phenoxy) is 2. The van der Waals surface area contributed by atoms with E-state index >= 15 is 0 Å². The summed E-state index contributed by atoms with van der Waals surface area (Å²) in [5, 5.41) is 3.56. The van der Waals surface area contributed by atoms with Gasteiger partial charge in [0.1, 0.15) is 0 Å². The van der Waals surface area contributed by atoms with Crippen LogP contribution in [0.4, 0.5) is 0 Å². The van der Waals surface area contributed by atoms with Gasteiger partial charge in [-0.25, -0.2) is 0 Å². The molecule has 1 atom stereocenters. The Morgan fingerprint density at radius 2 is 1.95 bits per heavy atom. The van der Waals surface area contributed by atoms with E-state index in [-0.39, 0.29) is 11.7 Å². The van der Waals surface area contributed by atoms with Crippen molar-refractivity contribution in [3.05, 3.63) is 0 Å². The molecular formula is C16H33NO2. The van der Waals surface area contributed by atoms with E-state index in [1.807, 2.05) is 0 Å². The third kappa shape index (κ3) is 5.80. The quantitative estimate of drug-likeness (QED) is 0.652. The zero-order valence-corrected chi connectivity index (χ0v) is 13.3. The highest BCUT2D eigenvalue weighted by Crippen LogP contribution is 2.36. The van der Waals surface area contributed by atoms with Gasteiger partial charge in [-0.1, -0.05) is 20.3 Å². The standard InChI is InChI=1S/C16H33NO2/c1-5-11-17-13-16(19-14(3)12-18-4)9-7-15(6-2)8-10-16/h14-15,17H,5-13H2,1-4H3. The Hall–Kier alpha value is -0.120. The van der Waals surface area contributed by atoms with Crippen molar-refractivity contribution in [3.8, 4) is 0 Å². The molecule has 1 rings (SSSR count). The Labute approximate surface area is 119 Å². The lowest BCUT2D eigenvalue weighted by Crippen LogP contribution is -2.48. The molecule has 1 fully saturated rings. The van der Waals surface area contributed by atoms with Crippen molar-refractivity contribution in [1.29, 1.82) is 0 Å². The molecule has 0 aliphatic heterocycles. The zero-order valence-electron chi connectivity index (χ0n) is 13.3. The van der Waals surface area contributed by atoms with Crippen LogP contribution in [0.5, 0.6) is 0 Å². The molecule has 0 bridgehead atoms. The second-order valence-corrected chi connectivity index (χ2v) is 6.10. The summed E-state index contributed by atoms with van der Waals surface area (Å²) in [5.74, 6) is 0.903. The van der Waals surface area contributed by atoms with E-state index in [1.165, 1.54) is 38.5 Å². The summed E-state index contributed by atoms with van der Waals surface area (Å²) in [5.41, 5.74) is 0.0405. The Kier molecular flexibility index (Phi) is 7.96. The van der Waals surface area contributed by atoms with Crippen molar-refractivity contribution in [2.24, 2.45) is 5.92 Å². The molecule has 1 aliphatic rings. The predicted octanol–water partition coefficient (Wildman–Crippen LogP) is 3.38. The van der Waals surface area contributed by atoms with E-state index in [2.05, 4.69) is 26.1 Å². The highest BCUT2D eigenvalue weighted by Gasteiger charge is 2.36. The van der Waals surface area contributed by atoms with Crippen molar-refractivity contribution < 1.29 is 9.47 Å². The van der Waals surface area contributed by atoms with Gasteiger partial charge in [-0.3, -0.25) is 0 Å². The molecule has 114 valence electrons. The molecule has 1 N–H and O–H groups in total. The monoisotopic (exact) mass is 271 g/mol. The fraction of sp³-hybridized carbons (Fsp3) is 1.00. The molecule has 0 aromatic carbocycles. The molecule has 1 aliphatic carbocycles. The van der Waals surface area contributed by atoms with E-state index in [9.17, 15) is 0 Å². The van der Waals surface area contributed by atoms with Gasteiger partial charge >= 0.3 is 0 Å². The average molecular weight is 271 g/mol. The minimum Gasteiger partial charge on any atom is -0.382 e. The lowest BCUT2D eigenvalue weighted by atomic mass is 9.77. The fourth-order valence-electron chi connectivity index (χ4n) is 3.14. The maximum absolute atomic E-state index is 6.37. The van der Waals surface area contributed by atoms with Gasteiger partial charge in [-0.15, -0.1) is 0 Å². The number of methoxy groups -OCH3 is 1. The van der Waals surface area contributed by atoms with Crippen molar-refractivity contribution in [2.75, 3.05) is 26.8 Å². The van der Waals surface area contributed by atoms with Crippen LogP contribution < -0.4 is 5.32 Å². The minimum absolute atomic E-state index is 0.0405. The van der Waals surface area contributed by atoms with Crippen LogP contribution in [0.25, 0.3) is 0 Å². The van der Waals surface area contributed by atoms with E-state index in [0.29, 0.717) is 6.61 Å². The first-order chi connectivity index (χ1) is 9.15. The lowest BCUT2D eigenvalue weighted by Gasteiger charge is -2.42. The molecule has 1 unspecified atom stereocenters. The molecule has 0 saturated heterocycles. The lowest BCUT2D eigenvalue weighted by molar-refractivity contribution is -0.128. The Morgan fingerprint density at radius 1 is 1.26 bits per heavy atom. The SMILES string of the molecule is CCCNCC1(OC(C)COC)CCC(CC)CC1. The Bertz CT molecular complexity index is 219. The van der Waals surface area contributed by atoms with Crippen molar-refractivity contribution in [3.63, 3.8) is 0 Å². The molecule has 0 aromatic heterocycles. The van der Waals surface area contributed by atoms with Gasteiger partial charge in [-0.05, 0) is 51.5 Å². The molecule has 0 spiro atoms. The molecule has 0 heterocycles. The minimum atomic E-state index is 0.0405. The summed E-state index contributed by atoms with van der Waals surface area (Å²) in [6, 6.07) is 0. The summed E-state index contributed by atoms with van der Waals surface area (Å²) >= 11 is 0. The Morgan fingerprint density at radius 3 is 2.47 bits per heavy atom. The van der Waals surface area contributed by atoms with Crippen LogP contribution in [-0.4, -0.2) is 38.5 Å². The van der Waals surface area contributed by atoms with Crippen molar-refractivity contribution in [2.45, 2.75) is 71.0 Å². The van der Waals surface area contributed by atoms with E-state index in [0.717, 1.165) is 19.0 Å². The first-order valence-corrected chi connectivity index (χ1v) is 8.03. The third-order valence-corrected chi connectivity index (χ3v) is 4.32. The Balaban J connectivity index is 2.52. The summed E-state index contributed by atoms with van der Waals surface area (Å²) in [7, 11) is 1.75. The van der Waals surface area contributed by atoms with E-state index in [1.54, 1.807) is 7.11 Å². The molecule has 3 nitrogen and oxygen atoms in total. The fourth-order valence-corrected chi connectivity index (χ4v) is 3.14. The average Bonchev–Trinajstić information content (AvgIpc) is 2.40. The van der Waals surface area contributed by atoms with Crippen molar-refractivity contribution >= 4 is 0 Å². The number of hydrogen-bond donors (Lipinski definition) is 1. The van der Waals surface area contributed by atoms with Crippen LogP contribution in [0.3, 0.4) is 0 Å². The van der Waals surface area contributed by atoms with Gasteiger partial charge in [-0.2, -0.15) is 0 Å². The zero-order chi connectivity index (χ0) is 14.1. The summed E-state index contributed by atoms with van der Waals surface area (Å²) in [6.07, 6.45) is 7.68. The maximum Gasteiger partial charge on any atom is 0.0811 e. The maximum atomic E-state index is 6.37.